The average Bonchev–Trinajstić information content (AvgIpc) is 3.42. The number of hydrogen-bond acceptors (Lipinski definition) is 4. The molecular formula is C18H23N3O2. The second-order valence-corrected chi connectivity index (χ2v) is 5.88. The molecule has 1 fully saturated rings. The second-order valence-electron chi connectivity index (χ2n) is 5.88. The Morgan fingerprint density at radius 2 is 2.09 bits per heavy atom. The molecule has 1 aliphatic carbocycles. The summed E-state index contributed by atoms with van der Waals surface area (Å²) in [5.41, 5.74) is 2.68. The van der Waals surface area contributed by atoms with E-state index in [0.29, 0.717) is 19.1 Å². The standard InChI is InChI=1S/C18H23N3O2/c1-23-11-10-19-8-9-20-18(22)15-12-17(13-6-7-13)21-16-5-3-2-4-14(15)16/h2-5,12-13,19H,6-11H2,1H3,(H,20,22). The van der Waals surface area contributed by atoms with Crippen LogP contribution in [0.25, 0.3) is 10.9 Å². The lowest BCUT2D eigenvalue weighted by Crippen LogP contribution is -2.33. The van der Waals surface area contributed by atoms with E-state index in [2.05, 4.69) is 10.6 Å². The van der Waals surface area contributed by atoms with Crippen LogP contribution in [0.5, 0.6) is 0 Å². The Bertz CT molecular complexity index is 683. The number of nitrogens with zero attached hydrogens (tertiary/aromatic N) is 1. The Balaban J connectivity index is 1.69. The van der Waals surface area contributed by atoms with Crippen molar-refractivity contribution in [3.05, 3.63) is 41.6 Å². The lowest BCUT2D eigenvalue weighted by atomic mass is 10.1. The van der Waals surface area contributed by atoms with Gasteiger partial charge in [-0.3, -0.25) is 9.78 Å². The molecule has 2 N–H and O–H groups in total. The van der Waals surface area contributed by atoms with Gasteiger partial charge in [0.05, 0.1) is 17.7 Å². The van der Waals surface area contributed by atoms with Gasteiger partial charge in [-0.15, -0.1) is 0 Å². The topological polar surface area (TPSA) is 63.2 Å². The highest BCUT2D eigenvalue weighted by Gasteiger charge is 2.26. The van der Waals surface area contributed by atoms with E-state index in [1.807, 2.05) is 30.3 Å². The summed E-state index contributed by atoms with van der Waals surface area (Å²) in [5, 5.41) is 7.12. The quantitative estimate of drug-likeness (QED) is 0.733. The molecule has 0 unspecified atom stereocenters. The van der Waals surface area contributed by atoms with Crippen LogP contribution in [0.1, 0.15) is 34.8 Å². The van der Waals surface area contributed by atoms with Crippen LogP contribution in [0.3, 0.4) is 0 Å². The maximum absolute atomic E-state index is 12.6. The summed E-state index contributed by atoms with van der Waals surface area (Å²) in [5.74, 6) is 0.501. The van der Waals surface area contributed by atoms with Crippen LogP contribution in [0.15, 0.2) is 30.3 Å². The lowest BCUT2D eigenvalue weighted by Gasteiger charge is -2.10. The summed E-state index contributed by atoms with van der Waals surface area (Å²) in [7, 11) is 1.68. The minimum atomic E-state index is -0.0287. The van der Waals surface area contributed by atoms with Crippen LogP contribution in [-0.2, 0) is 4.74 Å². The third kappa shape index (κ3) is 4.06. The van der Waals surface area contributed by atoms with Crippen molar-refractivity contribution in [3.63, 3.8) is 0 Å². The minimum Gasteiger partial charge on any atom is -0.383 e. The van der Waals surface area contributed by atoms with Crippen molar-refractivity contribution in [2.75, 3.05) is 33.4 Å². The van der Waals surface area contributed by atoms with E-state index in [0.717, 1.165) is 35.2 Å². The van der Waals surface area contributed by atoms with Crippen molar-refractivity contribution in [1.29, 1.82) is 0 Å². The highest BCUT2D eigenvalue weighted by molar-refractivity contribution is 6.06. The first-order valence-electron chi connectivity index (χ1n) is 8.17. The third-order valence-corrected chi connectivity index (χ3v) is 4.05. The van der Waals surface area contributed by atoms with Crippen LogP contribution < -0.4 is 10.6 Å². The number of amides is 1. The molecule has 1 aliphatic rings. The van der Waals surface area contributed by atoms with Crippen molar-refractivity contribution >= 4 is 16.8 Å². The van der Waals surface area contributed by atoms with Gasteiger partial charge in [0, 0.05) is 43.7 Å². The summed E-state index contributed by atoms with van der Waals surface area (Å²) < 4.78 is 4.97. The number of carbonyl (C=O) groups is 1. The summed E-state index contributed by atoms with van der Waals surface area (Å²) in [6.07, 6.45) is 2.35. The van der Waals surface area contributed by atoms with Crippen molar-refractivity contribution in [2.45, 2.75) is 18.8 Å². The van der Waals surface area contributed by atoms with Gasteiger partial charge in [-0.1, -0.05) is 18.2 Å². The smallest absolute Gasteiger partial charge is 0.252 e. The van der Waals surface area contributed by atoms with Crippen molar-refractivity contribution in [3.8, 4) is 0 Å². The molecule has 5 heteroatoms. The van der Waals surface area contributed by atoms with Gasteiger partial charge in [0.2, 0.25) is 0 Å². The van der Waals surface area contributed by atoms with Crippen molar-refractivity contribution < 1.29 is 9.53 Å². The summed E-state index contributed by atoms with van der Waals surface area (Å²) in [6, 6.07) is 9.82. The molecule has 1 amide bonds. The van der Waals surface area contributed by atoms with E-state index < -0.39 is 0 Å². The first-order chi connectivity index (χ1) is 11.3. The molecule has 3 rings (SSSR count). The predicted molar refractivity (Wildman–Crippen MR) is 90.8 cm³/mol. The zero-order valence-corrected chi connectivity index (χ0v) is 13.5. The van der Waals surface area contributed by atoms with E-state index >= 15 is 0 Å². The van der Waals surface area contributed by atoms with Crippen LogP contribution in [0, 0.1) is 0 Å². The normalized spacial score (nSPS) is 14.1. The Morgan fingerprint density at radius 3 is 2.87 bits per heavy atom. The molecule has 0 spiro atoms. The Kier molecular flexibility index (Phi) is 5.20. The molecule has 0 aliphatic heterocycles. The highest BCUT2D eigenvalue weighted by Crippen LogP contribution is 2.40. The fraction of sp³-hybridized carbons (Fsp3) is 0.444. The first-order valence-corrected chi connectivity index (χ1v) is 8.17. The largest absolute Gasteiger partial charge is 0.383 e. The van der Waals surface area contributed by atoms with E-state index in [1.54, 1.807) is 7.11 Å². The summed E-state index contributed by atoms with van der Waals surface area (Å²) in [4.78, 5) is 17.3. The number of methoxy groups -OCH3 is 1. The van der Waals surface area contributed by atoms with Crippen LogP contribution in [0.4, 0.5) is 0 Å². The average molecular weight is 313 g/mol. The molecule has 1 aromatic carbocycles. The second kappa shape index (κ2) is 7.53. The van der Waals surface area contributed by atoms with Crippen molar-refractivity contribution in [1.82, 2.24) is 15.6 Å². The zero-order valence-electron chi connectivity index (χ0n) is 13.5. The number of pyridine rings is 1. The fourth-order valence-corrected chi connectivity index (χ4v) is 2.63. The maximum Gasteiger partial charge on any atom is 0.252 e. The number of carbonyl (C=O) groups excluding carboxylic acids is 1. The molecular weight excluding hydrogens is 290 g/mol. The lowest BCUT2D eigenvalue weighted by molar-refractivity contribution is 0.0955. The predicted octanol–water partition coefficient (Wildman–Crippen LogP) is 2.08. The molecule has 1 heterocycles. The monoisotopic (exact) mass is 313 g/mol. The number of benzene rings is 1. The van der Waals surface area contributed by atoms with Gasteiger partial charge >= 0.3 is 0 Å². The van der Waals surface area contributed by atoms with Gasteiger partial charge in [0.15, 0.2) is 0 Å². The zero-order chi connectivity index (χ0) is 16.1. The van der Waals surface area contributed by atoms with E-state index in [-0.39, 0.29) is 5.91 Å². The molecule has 2 aromatic rings. The van der Waals surface area contributed by atoms with Gasteiger partial charge in [-0.05, 0) is 25.0 Å². The van der Waals surface area contributed by atoms with E-state index in [1.165, 1.54) is 12.8 Å². The molecule has 0 atom stereocenters. The molecule has 5 nitrogen and oxygen atoms in total. The van der Waals surface area contributed by atoms with Crippen molar-refractivity contribution in [2.24, 2.45) is 0 Å². The third-order valence-electron chi connectivity index (χ3n) is 4.05. The van der Waals surface area contributed by atoms with Crippen LogP contribution >= 0.6 is 0 Å². The fourth-order valence-electron chi connectivity index (χ4n) is 2.63. The molecule has 0 radical (unpaired) electrons. The maximum atomic E-state index is 12.6. The Morgan fingerprint density at radius 1 is 1.26 bits per heavy atom. The molecule has 1 saturated carbocycles. The number of hydrogen-bond donors (Lipinski definition) is 2. The van der Waals surface area contributed by atoms with Gasteiger partial charge in [-0.2, -0.15) is 0 Å². The Labute approximate surface area is 136 Å². The van der Waals surface area contributed by atoms with Crippen LogP contribution in [0.2, 0.25) is 0 Å². The molecule has 1 aromatic heterocycles. The number of fused-ring (bicyclic) bond motifs is 1. The highest BCUT2D eigenvalue weighted by atomic mass is 16.5. The van der Waals surface area contributed by atoms with Gasteiger partial charge in [-0.25, -0.2) is 0 Å². The summed E-state index contributed by atoms with van der Waals surface area (Å²) >= 11 is 0. The first kappa shape index (κ1) is 15.9. The number of ether oxygens (including phenoxy) is 1. The van der Waals surface area contributed by atoms with Gasteiger partial charge < -0.3 is 15.4 Å². The molecule has 0 bridgehead atoms. The van der Waals surface area contributed by atoms with Crippen LogP contribution in [-0.4, -0.2) is 44.2 Å². The summed E-state index contributed by atoms with van der Waals surface area (Å²) in [6.45, 7) is 2.79. The SMILES string of the molecule is COCCNCCNC(=O)c1cc(C2CC2)nc2ccccc12. The number of aromatic nitrogens is 1. The number of rotatable bonds is 8. The number of para-hydroxylation sites is 1. The van der Waals surface area contributed by atoms with E-state index in [4.69, 9.17) is 9.72 Å². The van der Waals surface area contributed by atoms with E-state index in [9.17, 15) is 4.79 Å². The molecule has 0 saturated heterocycles. The van der Waals surface area contributed by atoms with Gasteiger partial charge in [0.25, 0.3) is 5.91 Å². The van der Waals surface area contributed by atoms with Gasteiger partial charge in [0.1, 0.15) is 0 Å². The minimum absolute atomic E-state index is 0.0287. The molecule has 23 heavy (non-hydrogen) atoms. The Hall–Kier alpha value is -1.98. The molecule has 122 valence electrons. The number of nitrogens with one attached hydrogen (secondary N) is 2.